The Kier molecular flexibility index (Phi) is 19.4. The van der Waals surface area contributed by atoms with Crippen LogP contribution >= 0.6 is 46.0 Å². The molecule has 406 valence electrons. The molecule has 6 N–H and O–H groups in total. The molecule has 0 radical (unpaired) electrons. The molecule has 1 aromatic carbocycles. The number of hydrogen-bond acceptors (Lipinski definition) is 24. The largest absolute Gasteiger partial charge is 0.774 e. The number of aromatic amines is 2. The lowest BCUT2D eigenvalue weighted by Crippen LogP contribution is -2.33. The van der Waals surface area contributed by atoms with Crippen molar-refractivity contribution in [3.05, 3.63) is 116 Å². The first-order valence-electron chi connectivity index (χ1n) is 19.0. The number of hydrogen-bond donors (Lipinski definition) is 6. The fourth-order valence-electron chi connectivity index (χ4n) is 5.81. The van der Waals surface area contributed by atoms with Gasteiger partial charge in [-0.05, 0) is 37.0 Å². The summed E-state index contributed by atoms with van der Waals surface area (Å²) in [5.74, 6) is -0.425. The molecule has 2 aliphatic rings. The van der Waals surface area contributed by atoms with Gasteiger partial charge in [0, 0.05) is 46.2 Å². The monoisotopic (exact) mass is 1170 g/mol. The number of para-hydroxylation sites is 1. The van der Waals surface area contributed by atoms with Crippen molar-refractivity contribution in [1.29, 1.82) is 0 Å². The molecule has 2 saturated heterocycles. The van der Waals surface area contributed by atoms with Crippen LogP contribution in [0.5, 0.6) is 5.75 Å². The summed E-state index contributed by atoms with van der Waals surface area (Å²) >= 11 is 0. The van der Waals surface area contributed by atoms with E-state index in [0.717, 1.165) is 33.7 Å². The molecular weight excluding hydrogens is 1140 g/mol. The zero-order valence-electron chi connectivity index (χ0n) is 36.0. The van der Waals surface area contributed by atoms with Crippen molar-refractivity contribution in [3.63, 3.8) is 0 Å². The highest BCUT2D eigenvalue weighted by atomic mass is 31.3. The molecule has 73 heavy (non-hydrogen) atoms. The van der Waals surface area contributed by atoms with E-state index in [1.165, 1.54) is 32.0 Å². The molecule has 2 aromatic heterocycles. The average molecular weight is 1170 g/mol. The third kappa shape index (κ3) is 14.5. The number of halogens is 4. The Morgan fingerprint density at radius 3 is 1.52 bits per heavy atom. The predicted molar refractivity (Wildman–Crippen MR) is 221 cm³/mol. The van der Waals surface area contributed by atoms with Gasteiger partial charge in [0.15, 0.2) is 0 Å². The first kappa shape index (κ1) is 61.1. The Bertz CT molecular complexity index is 3180. The Morgan fingerprint density at radius 1 is 0.740 bits per heavy atom. The molecule has 4 heterocycles. The van der Waals surface area contributed by atoms with Crippen LogP contribution in [0.4, 0.5) is 17.6 Å². The number of phosphoric acid groups is 1. The molecule has 45 heteroatoms. The lowest BCUT2D eigenvalue weighted by atomic mass is 10.1. The molecule has 0 aliphatic carbocycles. The Hall–Kier alpha value is -4.46. The topological polar surface area (TPSA) is 539 Å². The standard InChI is InChI=1S/C17H20F2N5O12P3.C11H17F2N6O12P3/c1-10-8-24(16(26)21-15(10)25)14-7-12(22-23-20)13(34-14)9-33-39(32,35-11-5-3-2-4-6-11)36-38(30,31)17(18,19)37(27,28)29;1-5-3-19(10(21)15-9(5)20)8-2-6(16-17-14)7(30-8)4-29-34(28,18-22)31-33(26,27)11(12,13)32(23,24)25/h2-6,8,12-14H,7,9H2,1H3,(H,30,31)(H,21,25,26)(H2,27,28,29);3,6-8,22H,2,4H2,1H3,(H,18,28)(H,26,27)(H,15,20,21)(H2,23,24,25)/p-4/t12-,13-,14-,39?;6-,7-,8-,34?/m11/s1. The molecule has 35 nitrogen and oxygen atoms in total. The van der Waals surface area contributed by atoms with E-state index < -0.39 is 135 Å². The summed E-state index contributed by atoms with van der Waals surface area (Å²) in [5, 5.41) is 4.51. The van der Waals surface area contributed by atoms with Crippen LogP contribution in [-0.4, -0.2) is 82.4 Å². The summed E-state index contributed by atoms with van der Waals surface area (Å²) in [7, 11) is -39.3. The summed E-state index contributed by atoms with van der Waals surface area (Å²) in [6.07, 6.45) is -3.46. The minimum Gasteiger partial charge on any atom is -0.774 e. The van der Waals surface area contributed by atoms with Crippen molar-refractivity contribution in [3.8, 4) is 5.75 Å². The number of benzene rings is 1. The first-order valence-corrected chi connectivity index (χ1v) is 28.3. The van der Waals surface area contributed by atoms with Crippen LogP contribution in [0.1, 0.15) is 36.4 Å². The molecular formula is C28H33F4N11O24P6-4. The van der Waals surface area contributed by atoms with Crippen LogP contribution in [0.15, 0.2) is 72.1 Å². The maximum Gasteiger partial charge on any atom is 0.535 e. The van der Waals surface area contributed by atoms with Gasteiger partial charge in [0.2, 0.25) is 30.4 Å². The maximum absolute atomic E-state index is 13.9. The van der Waals surface area contributed by atoms with Crippen molar-refractivity contribution >= 4 is 46.0 Å². The van der Waals surface area contributed by atoms with Crippen molar-refractivity contribution in [2.24, 2.45) is 10.2 Å². The van der Waals surface area contributed by atoms with E-state index in [0.29, 0.717) is 5.25 Å². The maximum atomic E-state index is 13.9. The molecule has 12 atom stereocenters. The van der Waals surface area contributed by atoms with Crippen LogP contribution in [-0.2, 0) is 54.5 Å². The van der Waals surface area contributed by atoms with Crippen molar-refractivity contribution in [2.75, 3.05) is 13.2 Å². The van der Waals surface area contributed by atoms with Crippen LogP contribution in [0.3, 0.4) is 0 Å². The zero-order valence-corrected chi connectivity index (χ0v) is 41.4. The van der Waals surface area contributed by atoms with Gasteiger partial charge in [0.25, 0.3) is 11.1 Å². The summed E-state index contributed by atoms with van der Waals surface area (Å²) in [4.78, 5) is 119. The number of nitrogens with zero attached hydrogens (tertiary/aromatic N) is 8. The highest BCUT2D eigenvalue weighted by Gasteiger charge is 2.57. The number of aromatic nitrogens is 4. The highest BCUT2D eigenvalue weighted by molar-refractivity contribution is 7.75. The molecule has 0 spiro atoms. The summed E-state index contributed by atoms with van der Waals surface area (Å²) in [6.45, 7) is 0.636. The third-order valence-electron chi connectivity index (χ3n) is 9.37. The second kappa shape index (κ2) is 23.2. The van der Waals surface area contributed by atoms with Gasteiger partial charge in [-0.25, -0.2) is 27.3 Å². The lowest BCUT2D eigenvalue weighted by Gasteiger charge is -2.37. The van der Waals surface area contributed by atoms with Crippen molar-refractivity contribution in [1.82, 2.24) is 24.4 Å². The zero-order chi connectivity index (χ0) is 55.3. The summed E-state index contributed by atoms with van der Waals surface area (Å²) in [5.41, 5.74) is 14.6. The summed E-state index contributed by atoms with van der Waals surface area (Å²) in [6, 6.07) is 3.86. The second-order valence-corrected chi connectivity index (χ2v) is 25.6. The normalized spacial score (nSPS) is 25.1. The number of alkyl halides is 4. The first-order chi connectivity index (χ1) is 33.5. The fourth-order valence-corrected chi connectivity index (χ4v) is 13.7. The highest BCUT2D eigenvalue weighted by Crippen LogP contribution is 2.76. The second-order valence-electron chi connectivity index (χ2n) is 14.5. The third-order valence-corrected chi connectivity index (χ3v) is 20.0. The van der Waals surface area contributed by atoms with Gasteiger partial charge in [-0.3, -0.25) is 37.7 Å². The van der Waals surface area contributed by atoms with Gasteiger partial charge in [-0.1, -0.05) is 28.4 Å². The van der Waals surface area contributed by atoms with E-state index in [9.17, 15) is 83.7 Å². The molecule has 2 fully saturated rings. The predicted octanol–water partition coefficient (Wildman–Crippen LogP) is 1.26. The number of azide groups is 2. The number of phosphoric ester groups is 1. The lowest BCUT2D eigenvalue weighted by molar-refractivity contribution is -0.232. The van der Waals surface area contributed by atoms with Crippen molar-refractivity contribution < 1.29 is 111 Å². The molecule has 3 aromatic rings. The molecule has 0 amide bonds. The minimum atomic E-state index is -7.07. The van der Waals surface area contributed by atoms with Gasteiger partial charge in [-0.15, -0.1) is 5.25 Å². The van der Waals surface area contributed by atoms with Crippen LogP contribution in [0.2, 0.25) is 0 Å². The van der Waals surface area contributed by atoms with Crippen LogP contribution < -0.4 is 51.8 Å². The molecule has 6 unspecified atom stereocenters. The van der Waals surface area contributed by atoms with E-state index in [2.05, 4.69) is 33.2 Å². The Labute approximate surface area is 400 Å². The molecule has 2 aliphatic heterocycles. The van der Waals surface area contributed by atoms with E-state index in [1.807, 2.05) is 9.97 Å². The fraction of sp³-hybridized carbons (Fsp3) is 0.500. The number of aryl methyl sites for hydroxylation is 2. The molecule has 0 bridgehead atoms. The Morgan fingerprint density at radius 2 is 1.14 bits per heavy atom. The average Bonchev–Trinajstić information content (AvgIpc) is 3.87. The summed E-state index contributed by atoms with van der Waals surface area (Å²) < 4.78 is 160. The van der Waals surface area contributed by atoms with Gasteiger partial charge >= 0.3 is 37.8 Å². The number of H-pyrrole nitrogens is 2. The number of ether oxygens (including phenoxy) is 2. The number of rotatable bonds is 21. The van der Waals surface area contributed by atoms with Gasteiger partial charge in [0.1, 0.15) is 18.2 Å². The van der Waals surface area contributed by atoms with Gasteiger partial charge in [0.05, 0.1) is 37.5 Å². The van der Waals surface area contributed by atoms with Crippen LogP contribution in [0.25, 0.3) is 20.9 Å². The van der Waals surface area contributed by atoms with Crippen LogP contribution in [0, 0.1) is 13.8 Å². The quantitative estimate of drug-likeness (QED) is 0.0218. The number of nitrogens with one attached hydrogen (secondary N) is 3. The minimum absolute atomic E-state index is 0.0947. The molecule has 0 saturated carbocycles. The van der Waals surface area contributed by atoms with E-state index in [4.69, 9.17) is 44.6 Å². The molecule has 5 rings (SSSR count). The van der Waals surface area contributed by atoms with Crippen molar-refractivity contribution in [2.45, 2.75) is 74.2 Å². The van der Waals surface area contributed by atoms with Gasteiger partial charge < -0.3 is 66.8 Å². The van der Waals surface area contributed by atoms with Gasteiger partial charge in [-0.2, -0.15) is 17.6 Å². The SMILES string of the molecule is Cc1cn([C@H]2C[C@@H](N=[N+]=[N-])[C@@H](COP(=O)(NO)OP(=O)([O-])C(F)(F)P(=O)([O-])O)O2)c(=O)[nH]c1=O.Cc1cn([C@H]2C[C@@H](N=[N+]=[N-])[C@@H](COP(=O)(Oc3ccccc3)OP(=O)([O-])C(F)(F)P(=O)([O-])O)O2)c(=O)[nH]c1=O. The van der Waals surface area contributed by atoms with E-state index in [1.54, 1.807) is 0 Å². The Balaban J connectivity index is 0.000000320. The van der Waals surface area contributed by atoms with E-state index >= 15 is 0 Å². The van der Waals surface area contributed by atoms with E-state index in [-0.39, 0.29) is 24.0 Å². The smallest absolute Gasteiger partial charge is 0.535 e.